The molecule has 1 radical (unpaired) electrons. The smallest absolute Gasteiger partial charge is 0.410 e. The minimum atomic E-state index is -4.30. The third kappa shape index (κ3) is 3.49. The van der Waals surface area contributed by atoms with Crippen molar-refractivity contribution in [1.29, 1.82) is 0 Å². The van der Waals surface area contributed by atoms with Gasteiger partial charge in [0.2, 0.25) is 0 Å². The van der Waals surface area contributed by atoms with Crippen molar-refractivity contribution in [3.63, 3.8) is 0 Å². The fourth-order valence-electron chi connectivity index (χ4n) is 0.803. The Balaban J connectivity index is 2.40. The zero-order valence-corrected chi connectivity index (χ0v) is 10.9. The van der Waals surface area contributed by atoms with E-state index in [1.165, 1.54) is 0 Å². The zero-order valence-electron chi connectivity index (χ0n) is 8.83. The molecule has 1 saturated heterocycles. The quantitative estimate of drug-likeness (QED) is 0.573. The molecule has 0 atom stereocenters. The number of ether oxygens (including phenoxy) is 1. The summed E-state index contributed by atoms with van der Waals surface area (Å²) in [4.78, 5) is 0. The first-order chi connectivity index (χ1) is 6.66. The van der Waals surface area contributed by atoms with E-state index in [0.29, 0.717) is 6.42 Å². The summed E-state index contributed by atoms with van der Waals surface area (Å²) in [5, 5.41) is 0. The molecule has 1 rings (SSSR count). The summed E-state index contributed by atoms with van der Waals surface area (Å²) in [5.41, 5.74) is -0.114. The third-order valence-corrected chi connectivity index (χ3v) is 5.49. The van der Waals surface area contributed by atoms with E-state index in [-0.39, 0.29) is 12.0 Å². The van der Waals surface area contributed by atoms with Gasteiger partial charge < -0.3 is 11.9 Å². The van der Waals surface area contributed by atoms with Crippen molar-refractivity contribution < 1.29 is 25.2 Å². The second kappa shape index (κ2) is 4.40. The van der Waals surface area contributed by atoms with Crippen LogP contribution in [0.5, 0.6) is 0 Å². The molecular formula is C7H13AlF2O4P. The summed E-state index contributed by atoms with van der Waals surface area (Å²) < 4.78 is 50.3. The Hall–Kier alpha value is 0.502. The molecule has 1 fully saturated rings. The van der Waals surface area contributed by atoms with E-state index < -0.39 is 29.3 Å². The van der Waals surface area contributed by atoms with Crippen LogP contribution in [0.2, 0.25) is 0 Å². The lowest BCUT2D eigenvalue weighted by molar-refractivity contribution is -0.189. The minimum absolute atomic E-state index is 0.114. The standard InChI is InChI=1S/C7H15F2O4P.Al/c1-6(2,3)4-5-13-7(8,9)14(10,11)12;/h4-5H2,1-3H3,(H2,10,11,12);/q;+2/p-2. The van der Waals surface area contributed by atoms with Crippen LogP contribution in [-0.2, 0) is 16.5 Å². The molecule has 0 aromatic heterocycles. The molecule has 0 saturated carbocycles. The summed E-state index contributed by atoms with van der Waals surface area (Å²) in [7, 11) is -4.30. The highest BCUT2D eigenvalue weighted by molar-refractivity contribution is 7.59. The van der Waals surface area contributed by atoms with Crippen molar-refractivity contribution in [2.75, 3.05) is 6.61 Å². The molecule has 15 heavy (non-hydrogen) atoms. The van der Waals surface area contributed by atoms with Crippen LogP contribution in [0.1, 0.15) is 27.2 Å². The minimum Gasteiger partial charge on any atom is -0.410 e. The van der Waals surface area contributed by atoms with Crippen LogP contribution in [0.25, 0.3) is 0 Å². The lowest BCUT2D eigenvalue weighted by atomic mass is 9.93. The number of hydrogen-bond donors (Lipinski definition) is 0. The van der Waals surface area contributed by atoms with E-state index in [1.54, 1.807) is 0 Å². The first-order valence-electron chi connectivity index (χ1n) is 4.47. The van der Waals surface area contributed by atoms with Crippen LogP contribution in [0.3, 0.4) is 0 Å². The maximum absolute atomic E-state index is 13.1. The Morgan fingerprint density at radius 1 is 1.33 bits per heavy atom. The normalized spacial score (nSPS) is 20.6. The predicted molar refractivity (Wildman–Crippen MR) is 50.5 cm³/mol. The number of hydrogen-bond acceptors (Lipinski definition) is 4. The third-order valence-electron chi connectivity index (χ3n) is 1.81. The summed E-state index contributed by atoms with van der Waals surface area (Å²) in [6.07, 6.45) is 0.440. The molecule has 0 N–H and O–H groups in total. The fraction of sp³-hybridized carbons (Fsp3) is 1.00. The molecule has 1 aliphatic heterocycles. The van der Waals surface area contributed by atoms with Crippen LogP contribution in [0, 0.1) is 5.41 Å². The molecule has 0 bridgehead atoms. The van der Waals surface area contributed by atoms with Crippen LogP contribution in [-0.4, -0.2) is 28.3 Å². The zero-order chi connectivity index (χ0) is 11.7. The topological polar surface area (TPSA) is 44.8 Å². The summed E-state index contributed by atoms with van der Waals surface area (Å²) in [6.45, 7) is 5.52. The van der Waals surface area contributed by atoms with E-state index in [4.69, 9.17) is 0 Å². The maximum Gasteiger partial charge on any atom is 0.682 e. The highest BCUT2D eigenvalue weighted by Gasteiger charge is 2.59. The highest BCUT2D eigenvalue weighted by Crippen LogP contribution is 2.66. The molecule has 0 spiro atoms. The number of rotatable bonds is 4. The van der Waals surface area contributed by atoms with Gasteiger partial charge in [-0.15, -0.1) is 0 Å². The molecule has 0 unspecified atom stereocenters. The monoisotopic (exact) mass is 257 g/mol. The summed E-state index contributed by atoms with van der Waals surface area (Å²) in [6, 6.07) is 0. The van der Waals surface area contributed by atoms with Crippen molar-refractivity contribution in [1.82, 2.24) is 0 Å². The van der Waals surface area contributed by atoms with Gasteiger partial charge in [0.05, 0.1) is 6.61 Å². The highest BCUT2D eigenvalue weighted by atomic mass is 31.2. The molecule has 8 heteroatoms. The Morgan fingerprint density at radius 2 is 1.87 bits per heavy atom. The van der Waals surface area contributed by atoms with E-state index >= 15 is 0 Å². The summed E-state index contributed by atoms with van der Waals surface area (Å²) >= 11 is -1.02. The van der Waals surface area contributed by atoms with E-state index in [9.17, 15) is 13.3 Å². The van der Waals surface area contributed by atoms with Gasteiger partial charge in [0.15, 0.2) is 0 Å². The second-order valence-electron chi connectivity index (χ2n) is 4.45. The molecule has 0 amide bonds. The molecule has 87 valence electrons. The molecule has 0 aromatic carbocycles. The maximum atomic E-state index is 13.1. The van der Waals surface area contributed by atoms with Gasteiger partial charge in [-0.05, 0) is 11.8 Å². The molecular weight excluding hydrogens is 244 g/mol. The first-order valence-corrected chi connectivity index (χ1v) is 6.95. The van der Waals surface area contributed by atoms with Crippen molar-refractivity contribution in [3.05, 3.63) is 0 Å². The first kappa shape index (κ1) is 13.6. The Bertz CT molecular complexity index is 271. The van der Waals surface area contributed by atoms with E-state index in [2.05, 4.69) is 11.9 Å². The van der Waals surface area contributed by atoms with Crippen molar-refractivity contribution in [2.45, 2.75) is 33.0 Å². The van der Waals surface area contributed by atoms with Crippen LogP contribution >= 0.6 is 7.60 Å². The Kier molecular flexibility index (Phi) is 3.98. The lowest BCUT2D eigenvalue weighted by Gasteiger charge is -2.33. The van der Waals surface area contributed by atoms with E-state index in [1.807, 2.05) is 20.8 Å². The largest absolute Gasteiger partial charge is 0.682 e. The number of halogens is 2. The second-order valence-corrected chi connectivity index (χ2v) is 7.84. The van der Waals surface area contributed by atoms with Gasteiger partial charge in [-0.1, -0.05) is 20.8 Å². The lowest BCUT2D eigenvalue weighted by Crippen LogP contribution is -2.32. The Morgan fingerprint density at radius 3 is 2.20 bits per heavy atom. The SMILES string of the molecule is CC(C)(C)CCOC(F)(F)P1(=O)[O][Al][O]1. The van der Waals surface area contributed by atoms with Gasteiger partial charge in [0.25, 0.3) is 0 Å². The van der Waals surface area contributed by atoms with Gasteiger partial charge in [-0.2, -0.15) is 8.78 Å². The van der Waals surface area contributed by atoms with Crippen LogP contribution in [0.4, 0.5) is 8.78 Å². The summed E-state index contributed by atoms with van der Waals surface area (Å²) in [5.74, 6) is -3.82. The van der Waals surface area contributed by atoms with Crippen LogP contribution in [0.15, 0.2) is 0 Å². The Labute approximate surface area is 94.2 Å². The molecule has 4 nitrogen and oxygen atoms in total. The predicted octanol–water partition coefficient (Wildman–Crippen LogP) is 2.76. The number of alkyl halides is 2. The van der Waals surface area contributed by atoms with E-state index in [0.717, 1.165) is 0 Å². The van der Waals surface area contributed by atoms with Gasteiger partial charge >= 0.3 is 29.3 Å². The van der Waals surface area contributed by atoms with Gasteiger partial charge in [-0.3, -0.25) is 4.57 Å². The molecule has 0 aromatic rings. The average molecular weight is 257 g/mol. The van der Waals surface area contributed by atoms with Gasteiger partial charge in [-0.25, -0.2) is 0 Å². The molecule has 1 heterocycles. The molecule has 0 aliphatic carbocycles. The van der Waals surface area contributed by atoms with Crippen molar-refractivity contribution in [3.8, 4) is 0 Å². The van der Waals surface area contributed by atoms with Crippen molar-refractivity contribution in [2.24, 2.45) is 5.41 Å². The average Bonchev–Trinajstić information content (AvgIpc) is 1.96. The van der Waals surface area contributed by atoms with Crippen LogP contribution < -0.4 is 0 Å². The van der Waals surface area contributed by atoms with Gasteiger partial charge in [0.1, 0.15) is 0 Å². The van der Waals surface area contributed by atoms with Crippen molar-refractivity contribution >= 4 is 23.5 Å². The fourth-order valence-corrected chi connectivity index (χ4v) is 3.00. The molecule has 1 aliphatic rings. The van der Waals surface area contributed by atoms with Gasteiger partial charge in [0, 0.05) is 0 Å².